The number of benzene rings is 1. The van der Waals surface area contributed by atoms with Gasteiger partial charge in [-0.05, 0) is 11.6 Å². The molecule has 1 aliphatic rings. The van der Waals surface area contributed by atoms with Crippen molar-refractivity contribution in [2.45, 2.75) is 11.3 Å². The number of aromatic amines is 1. The molecular formula is C13H14N2O2S. The maximum atomic E-state index is 11.5. The molecule has 1 atom stereocenters. The van der Waals surface area contributed by atoms with Gasteiger partial charge in [0.25, 0.3) is 0 Å². The van der Waals surface area contributed by atoms with E-state index in [1.54, 1.807) is 0 Å². The van der Waals surface area contributed by atoms with Gasteiger partial charge in [0.15, 0.2) is 4.87 Å². The molecule has 0 bridgehead atoms. The molecular weight excluding hydrogens is 248 g/mol. The number of aromatic nitrogens is 1. The molecule has 2 aromatic rings. The van der Waals surface area contributed by atoms with E-state index in [-0.39, 0.29) is 0 Å². The highest BCUT2D eigenvalue weighted by atomic mass is 32.2. The normalized spacial score (nSPS) is 23.6. The fourth-order valence-corrected chi connectivity index (χ4v) is 3.54. The van der Waals surface area contributed by atoms with Gasteiger partial charge in [-0.1, -0.05) is 18.2 Å². The molecule has 1 aromatic heterocycles. The van der Waals surface area contributed by atoms with Gasteiger partial charge in [-0.3, -0.25) is 5.32 Å². The summed E-state index contributed by atoms with van der Waals surface area (Å²) in [4.78, 5) is 13.8. The average Bonchev–Trinajstić information content (AvgIpc) is 2.99. The van der Waals surface area contributed by atoms with Crippen molar-refractivity contribution < 1.29 is 9.90 Å². The third-order valence-corrected chi connectivity index (χ3v) is 4.69. The van der Waals surface area contributed by atoms with Crippen molar-refractivity contribution in [2.75, 3.05) is 12.3 Å². The second kappa shape index (κ2) is 4.33. The van der Waals surface area contributed by atoms with E-state index in [0.717, 1.165) is 28.8 Å². The summed E-state index contributed by atoms with van der Waals surface area (Å²) in [7, 11) is 0. The molecule has 0 radical (unpaired) electrons. The molecule has 1 fully saturated rings. The van der Waals surface area contributed by atoms with Crippen molar-refractivity contribution >= 4 is 28.6 Å². The van der Waals surface area contributed by atoms with Crippen LogP contribution in [0.25, 0.3) is 10.9 Å². The van der Waals surface area contributed by atoms with Crippen LogP contribution in [0.2, 0.25) is 0 Å². The number of carbonyl (C=O) groups is 1. The lowest BCUT2D eigenvalue weighted by Crippen LogP contribution is -2.47. The summed E-state index contributed by atoms with van der Waals surface area (Å²) in [6.45, 7) is 0.749. The summed E-state index contributed by atoms with van der Waals surface area (Å²) in [6.07, 6.45) is 2.41. The van der Waals surface area contributed by atoms with Crippen molar-refractivity contribution in [3.8, 4) is 0 Å². The van der Waals surface area contributed by atoms with Gasteiger partial charge >= 0.3 is 5.97 Å². The standard InChI is InChI=1S/C13H14N2O2S/c16-12(17)13(15-5-6-18-13)7-9-8-14-11-4-2-1-3-10(9)11/h1-4,8,14-15H,5-7H2,(H,16,17). The van der Waals surface area contributed by atoms with Crippen molar-refractivity contribution in [1.82, 2.24) is 10.3 Å². The molecule has 2 heterocycles. The molecule has 18 heavy (non-hydrogen) atoms. The largest absolute Gasteiger partial charge is 0.479 e. The van der Waals surface area contributed by atoms with E-state index in [0.29, 0.717) is 6.42 Å². The number of H-pyrrole nitrogens is 1. The summed E-state index contributed by atoms with van der Waals surface area (Å²) >= 11 is 1.48. The minimum atomic E-state index is -0.870. The second-order valence-corrected chi connectivity index (χ2v) is 5.84. The Morgan fingerprint density at radius 2 is 2.28 bits per heavy atom. The van der Waals surface area contributed by atoms with Gasteiger partial charge < -0.3 is 10.1 Å². The first-order chi connectivity index (χ1) is 8.71. The number of hydrogen-bond donors (Lipinski definition) is 3. The number of carboxylic acids is 1. The Hall–Kier alpha value is -1.46. The zero-order valence-electron chi connectivity index (χ0n) is 9.77. The van der Waals surface area contributed by atoms with Gasteiger partial charge in [0.05, 0.1) is 0 Å². The number of rotatable bonds is 3. The molecule has 0 amide bonds. The summed E-state index contributed by atoms with van der Waals surface area (Å²) in [5, 5.41) is 13.7. The molecule has 1 unspecified atom stereocenters. The number of hydrogen-bond acceptors (Lipinski definition) is 3. The van der Waals surface area contributed by atoms with Crippen LogP contribution >= 0.6 is 11.8 Å². The lowest BCUT2D eigenvalue weighted by atomic mass is 10.0. The van der Waals surface area contributed by atoms with E-state index in [1.807, 2.05) is 30.5 Å². The van der Waals surface area contributed by atoms with Crippen molar-refractivity contribution in [2.24, 2.45) is 0 Å². The maximum absolute atomic E-state index is 11.5. The first-order valence-corrected chi connectivity index (χ1v) is 6.87. The predicted molar refractivity (Wildman–Crippen MR) is 72.8 cm³/mol. The zero-order valence-corrected chi connectivity index (χ0v) is 10.6. The zero-order chi connectivity index (χ0) is 12.6. The quantitative estimate of drug-likeness (QED) is 0.789. The van der Waals surface area contributed by atoms with Crippen LogP contribution in [0.5, 0.6) is 0 Å². The number of thioether (sulfide) groups is 1. The van der Waals surface area contributed by atoms with Crippen LogP contribution in [0, 0.1) is 0 Å². The highest BCUT2D eigenvalue weighted by Gasteiger charge is 2.42. The van der Waals surface area contributed by atoms with Crippen LogP contribution in [-0.4, -0.2) is 33.2 Å². The Bertz CT molecular complexity index is 587. The molecule has 3 N–H and O–H groups in total. The molecule has 94 valence electrons. The fourth-order valence-electron chi connectivity index (χ4n) is 2.40. The van der Waals surface area contributed by atoms with Gasteiger partial charge in [-0.2, -0.15) is 0 Å². The minimum Gasteiger partial charge on any atom is -0.479 e. The first-order valence-electron chi connectivity index (χ1n) is 5.89. The summed E-state index contributed by atoms with van der Waals surface area (Å²) in [6, 6.07) is 7.97. The third kappa shape index (κ3) is 1.79. The van der Waals surface area contributed by atoms with E-state index >= 15 is 0 Å². The lowest BCUT2D eigenvalue weighted by molar-refractivity contribution is -0.140. The third-order valence-electron chi connectivity index (χ3n) is 3.32. The first kappa shape index (κ1) is 11.6. The van der Waals surface area contributed by atoms with Crippen LogP contribution in [-0.2, 0) is 11.2 Å². The summed E-state index contributed by atoms with van der Waals surface area (Å²) in [5.41, 5.74) is 2.10. The molecule has 0 spiro atoms. The van der Waals surface area contributed by atoms with E-state index in [2.05, 4.69) is 10.3 Å². The monoisotopic (exact) mass is 262 g/mol. The van der Waals surface area contributed by atoms with Crippen LogP contribution in [0.15, 0.2) is 30.5 Å². The Labute approximate surface area is 109 Å². The number of carboxylic acid groups (broad SMARTS) is 1. The number of nitrogens with one attached hydrogen (secondary N) is 2. The molecule has 4 nitrogen and oxygen atoms in total. The van der Waals surface area contributed by atoms with Gasteiger partial charge in [-0.25, -0.2) is 4.79 Å². The van der Waals surface area contributed by atoms with Gasteiger partial charge in [0.2, 0.25) is 0 Å². The molecule has 1 aliphatic heterocycles. The predicted octanol–water partition coefficient (Wildman–Crippen LogP) is 1.83. The molecule has 0 saturated carbocycles. The van der Waals surface area contributed by atoms with Crippen LogP contribution in [0.1, 0.15) is 5.56 Å². The summed E-state index contributed by atoms with van der Waals surface area (Å²) < 4.78 is 0. The van der Waals surface area contributed by atoms with E-state index in [4.69, 9.17) is 0 Å². The number of aliphatic carboxylic acids is 1. The van der Waals surface area contributed by atoms with Gasteiger partial charge in [0, 0.05) is 35.8 Å². The van der Waals surface area contributed by atoms with Gasteiger partial charge in [0.1, 0.15) is 0 Å². The smallest absolute Gasteiger partial charge is 0.334 e. The average molecular weight is 262 g/mol. The van der Waals surface area contributed by atoms with E-state index in [1.165, 1.54) is 11.8 Å². The van der Waals surface area contributed by atoms with Crippen molar-refractivity contribution in [3.05, 3.63) is 36.0 Å². The molecule has 3 rings (SSSR count). The molecule has 0 aliphatic carbocycles. The fraction of sp³-hybridized carbons (Fsp3) is 0.308. The van der Waals surface area contributed by atoms with Gasteiger partial charge in [-0.15, -0.1) is 11.8 Å². The van der Waals surface area contributed by atoms with Crippen LogP contribution < -0.4 is 5.32 Å². The highest BCUT2D eigenvalue weighted by Crippen LogP contribution is 2.33. The molecule has 1 aromatic carbocycles. The second-order valence-electron chi connectivity index (χ2n) is 4.44. The number of para-hydroxylation sites is 1. The lowest BCUT2D eigenvalue weighted by Gasteiger charge is -2.23. The van der Waals surface area contributed by atoms with E-state index in [9.17, 15) is 9.90 Å². The molecule has 1 saturated heterocycles. The Morgan fingerprint density at radius 3 is 3.00 bits per heavy atom. The minimum absolute atomic E-state index is 0.497. The maximum Gasteiger partial charge on any atom is 0.334 e. The topological polar surface area (TPSA) is 65.1 Å². The Morgan fingerprint density at radius 1 is 1.44 bits per heavy atom. The summed E-state index contributed by atoms with van der Waals surface area (Å²) in [5.74, 6) is 0.0598. The molecule has 5 heteroatoms. The SMILES string of the molecule is O=C(O)C1(Cc2c[nH]c3ccccc23)NCCS1. The highest BCUT2D eigenvalue weighted by molar-refractivity contribution is 8.01. The van der Waals surface area contributed by atoms with E-state index < -0.39 is 10.8 Å². The Balaban J connectivity index is 1.98. The van der Waals surface area contributed by atoms with Crippen LogP contribution in [0.4, 0.5) is 0 Å². The number of fused-ring (bicyclic) bond motifs is 1. The van der Waals surface area contributed by atoms with Crippen molar-refractivity contribution in [1.29, 1.82) is 0 Å². The van der Waals surface area contributed by atoms with Crippen LogP contribution in [0.3, 0.4) is 0 Å². The van der Waals surface area contributed by atoms with Crippen molar-refractivity contribution in [3.63, 3.8) is 0 Å². The Kier molecular flexibility index (Phi) is 2.80.